The van der Waals surface area contributed by atoms with E-state index in [-0.39, 0.29) is 11.7 Å². The van der Waals surface area contributed by atoms with E-state index in [1.54, 1.807) is 0 Å². The summed E-state index contributed by atoms with van der Waals surface area (Å²) in [6, 6.07) is 0. The van der Waals surface area contributed by atoms with Crippen LogP contribution in [0.5, 0.6) is 0 Å². The second-order valence-electron chi connectivity index (χ2n) is 4.85. The lowest BCUT2D eigenvalue weighted by Gasteiger charge is -2.35. The fraction of sp³-hybridized carbons (Fsp3) is 0.818. The highest BCUT2D eigenvalue weighted by Gasteiger charge is 2.22. The lowest BCUT2D eigenvalue weighted by molar-refractivity contribution is -0.0205. The van der Waals surface area contributed by atoms with E-state index in [1.807, 2.05) is 25.7 Å². The van der Waals surface area contributed by atoms with E-state index in [0.29, 0.717) is 12.4 Å². The van der Waals surface area contributed by atoms with Crippen LogP contribution in [0.1, 0.15) is 33.6 Å². The van der Waals surface area contributed by atoms with Crippen LogP contribution in [0.15, 0.2) is 12.5 Å². The molecular weight excluding hydrogens is 178 g/mol. The van der Waals surface area contributed by atoms with Crippen LogP contribution in [0.25, 0.3) is 0 Å². The van der Waals surface area contributed by atoms with Crippen LogP contribution in [0.2, 0.25) is 0 Å². The third-order valence-electron chi connectivity index (χ3n) is 2.17. The topological polar surface area (TPSA) is 32.7 Å². The molecule has 1 heterocycles. The molecule has 1 aliphatic rings. The van der Waals surface area contributed by atoms with Crippen molar-refractivity contribution < 1.29 is 9.84 Å². The molecule has 0 spiro atoms. The van der Waals surface area contributed by atoms with Crippen molar-refractivity contribution >= 4 is 0 Å². The third kappa shape index (κ3) is 3.58. The zero-order valence-electron chi connectivity index (χ0n) is 9.42. The number of aliphatic hydroxyl groups excluding tert-OH is 1. The van der Waals surface area contributed by atoms with Crippen molar-refractivity contribution in [2.45, 2.75) is 45.3 Å². The van der Waals surface area contributed by atoms with E-state index in [2.05, 4.69) is 6.58 Å². The average Bonchev–Trinajstić information content (AvgIpc) is 2.01. The van der Waals surface area contributed by atoms with E-state index < -0.39 is 0 Å². The number of β-amino-alcohol motifs (C(OH)–C–C–N with tert-alkyl or cyclic N) is 1. The molecule has 14 heavy (non-hydrogen) atoms. The molecule has 1 N–H and O–H groups in total. The summed E-state index contributed by atoms with van der Waals surface area (Å²) in [4.78, 5) is 2.01. The van der Waals surface area contributed by atoms with Crippen molar-refractivity contribution in [3.8, 4) is 0 Å². The Hall–Kier alpha value is -0.700. The molecule has 3 nitrogen and oxygen atoms in total. The van der Waals surface area contributed by atoms with Gasteiger partial charge in [0.05, 0.1) is 6.10 Å². The molecule has 0 saturated carbocycles. The highest BCUT2D eigenvalue weighted by Crippen LogP contribution is 2.19. The first kappa shape index (κ1) is 11.4. The minimum atomic E-state index is -0.232. The minimum Gasteiger partial charge on any atom is -0.474 e. The molecule has 0 aliphatic carbocycles. The molecule has 0 radical (unpaired) electrons. The SMILES string of the molecule is C=C(OC(C)(C)C)N1CCCC(O)C1. The molecule has 1 rings (SSSR count). The lowest BCUT2D eigenvalue weighted by atomic mass is 10.1. The van der Waals surface area contributed by atoms with Crippen molar-refractivity contribution in [3.63, 3.8) is 0 Å². The predicted molar refractivity (Wildman–Crippen MR) is 56.8 cm³/mol. The fourth-order valence-corrected chi connectivity index (χ4v) is 1.60. The summed E-state index contributed by atoms with van der Waals surface area (Å²) in [6.45, 7) is 11.5. The maximum atomic E-state index is 9.49. The van der Waals surface area contributed by atoms with Crippen molar-refractivity contribution in [1.82, 2.24) is 4.90 Å². The number of rotatable bonds is 2. The monoisotopic (exact) mass is 199 g/mol. The fourth-order valence-electron chi connectivity index (χ4n) is 1.60. The quantitative estimate of drug-likeness (QED) is 0.687. The molecule has 0 aromatic rings. The van der Waals surface area contributed by atoms with Crippen LogP contribution >= 0.6 is 0 Å². The molecular formula is C11H21NO2. The number of piperidine rings is 1. The first-order chi connectivity index (χ1) is 6.38. The Balaban J connectivity index is 2.44. The Morgan fingerprint density at radius 2 is 2.14 bits per heavy atom. The Morgan fingerprint density at radius 3 is 2.64 bits per heavy atom. The van der Waals surface area contributed by atoms with Gasteiger partial charge in [-0.25, -0.2) is 0 Å². The molecule has 1 fully saturated rings. The largest absolute Gasteiger partial charge is 0.474 e. The predicted octanol–water partition coefficient (Wildman–Crippen LogP) is 1.73. The first-order valence-electron chi connectivity index (χ1n) is 5.19. The standard InChI is InChI=1S/C11H21NO2/c1-9(14-11(2,3)4)12-7-5-6-10(13)8-12/h10,13H,1,5-8H2,2-4H3. The molecule has 82 valence electrons. The van der Waals surface area contributed by atoms with Gasteiger partial charge in [0.25, 0.3) is 0 Å². The highest BCUT2D eigenvalue weighted by atomic mass is 16.5. The van der Waals surface area contributed by atoms with Gasteiger partial charge < -0.3 is 14.7 Å². The van der Waals surface area contributed by atoms with E-state index in [0.717, 1.165) is 19.4 Å². The average molecular weight is 199 g/mol. The van der Waals surface area contributed by atoms with Crippen LogP contribution < -0.4 is 0 Å². The normalized spacial score (nSPS) is 23.4. The van der Waals surface area contributed by atoms with E-state index >= 15 is 0 Å². The summed E-state index contributed by atoms with van der Waals surface area (Å²) >= 11 is 0. The number of likely N-dealkylation sites (tertiary alicyclic amines) is 1. The second kappa shape index (κ2) is 4.22. The number of ether oxygens (including phenoxy) is 1. The van der Waals surface area contributed by atoms with E-state index in [1.165, 1.54) is 0 Å². The van der Waals surface area contributed by atoms with Crippen LogP contribution in [0.3, 0.4) is 0 Å². The molecule has 1 saturated heterocycles. The van der Waals surface area contributed by atoms with Gasteiger partial charge in [0.2, 0.25) is 0 Å². The van der Waals surface area contributed by atoms with Gasteiger partial charge in [-0.05, 0) is 40.2 Å². The summed E-state index contributed by atoms with van der Waals surface area (Å²) in [5.41, 5.74) is -0.209. The number of hydrogen-bond donors (Lipinski definition) is 1. The molecule has 0 bridgehead atoms. The zero-order chi connectivity index (χ0) is 10.8. The highest BCUT2D eigenvalue weighted by molar-refractivity contribution is 4.89. The van der Waals surface area contributed by atoms with Crippen LogP contribution in [-0.4, -0.2) is 34.8 Å². The molecule has 0 amide bonds. The Labute approximate surface area is 86.4 Å². The zero-order valence-corrected chi connectivity index (χ0v) is 9.42. The molecule has 1 unspecified atom stereocenters. The number of aliphatic hydroxyl groups is 1. The van der Waals surface area contributed by atoms with Gasteiger partial charge in [-0.1, -0.05) is 0 Å². The van der Waals surface area contributed by atoms with Crippen LogP contribution in [-0.2, 0) is 4.74 Å². The first-order valence-corrected chi connectivity index (χ1v) is 5.19. The maximum absolute atomic E-state index is 9.49. The third-order valence-corrected chi connectivity index (χ3v) is 2.17. The summed E-state index contributed by atoms with van der Waals surface area (Å²) in [5, 5.41) is 9.49. The molecule has 3 heteroatoms. The van der Waals surface area contributed by atoms with Crippen molar-refractivity contribution in [3.05, 3.63) is 12.5 Å². The number of nitrogens with zero attached hydrogens (tertiary/aromatic N) is 1. The summed E-state index contributed by atoms with van der Waals surface area (Å²) in [5.74, 6) is 0.677. The van der Waals surface area contributed by atoms with Gasteiger partial charge >= 0.3 is 0 Å². The van der Waals surface area contributed by atoms with Crippen LogP contribution in [0.4, 0.5) is 0 Å². The van der Waals surface area contributed by atoms with Gasteiger partial charge in [-0.15, -0.1) is 0 Å². The summed E-state index contributed by atoms with van der Waals surface area (Å²) in [6.07, 6.45) is 1.66. The van der Waals surface area contributed by atoms with Gasteiger partial charge in [0.15, 0.2) is 5.88 Å². The molecule has 1 atom stereocenters. The van der Waals surface area contributed by atoms with Gasteiger partial charge in [-0.3, -0.25) is 0 Å². The van der Waals surface area contributed by atoms with Gasteiger partial charge in [-0.2, -0.15) is 0 Å². The van der Waals surface area contributed by atoms with Crippen molar-refractivity contribution in [1.29, 1.82) is 0 Å². The molecule has 1 aliphatic heterocycles. The Bertz CT molecular complexity index is 208. The summed E-state index contributed by atoms with van der Waals surface area (Å²) in [7, 11) is 0. The summed E-state index contributed by atoms with van der Waals surface area (Å²) < 4.78 is 5.65. The maximum Gasteiger partial charge on any atom is 0.182 e. The van der Waals surface area contributed by atoms with Gasteiger partial charge in [0.1, 0.15) is 5.60 Å². The van der Waals surface area contributed by atoms with Gasteiger partial charge in [0, 0.05) is 13.1 Å². The smallest absolute Gasteiger partial charge is 0.182 e. The van der Waals surface area contributed by atoms with Crippen molar-refractivity contribution in [2.75, 3.05) is 13.1 Å². The lowest BCUT2D eigenvalue weighted by Crippen LogP contribution is -2.39. The Morgan fingerprint density at radius 1 is 1.50 bits per heavy atom. The Kier molecular flexibility index (Phi) is 3.43. The minimum absolute atomic E-state index is 0.209. The molecule has 0 aromatic heterocycles. The number of hydrogen-bond acceptors (Lipinski definition) is 3. The second-order valence-corrected chi connectivity index (χ2v) is 4.85. The van der Waals surface area contributed by atoms with E-state index in [4.69, 9.17) is 4.74 Å². The van der Waals surface area contributed by atoms with Crippen molar-refractivity contribution in [2.24, 2.45) is 0 Å². The van der Waals surface area contributed by atoms with E-state index in [9.17, 15) is 5.11 Å². The molecule has 0 aromatic carbocycles. The van der Waals surface area contributed by atoms with Crippen LogP contribution in [0, 0.1) is 0 Å².